The number of pyridine rings is 1. The molecule has 1 saturated carbocycles. The van der Waals surface area contributed by atoms with Crippen molar-refractivity contribution >= 4 is 11.7 Å². The molecule has 0 saturated heterocycles. The van der Waals surface area contributed by atoms with Gasteiger partial charge < -0.3 is 10.6 Å². The highest BCUT2D eigenvalue weighted by Gasteiger charge is 2.35. The fourth-order valence-corrected chi connectivity index (χ4v) is 3.01. The van der Waals surface area contributed by atoms with Crippen LogP contribution in [0.3, 0.4) is 0 Å². The zero-order valence-electron chi connectivity index (χ0n) is 13.6. The lowest BCUT2D eigenvalue weighted by Gasteiger charge is -2.27. The summed E-state index contributed by atoms with van der Waals surface area (Å²) in [4.78, 5) is 17.0. The molecule has 4 heteroatoms. The van der Waals surface area contributed by atoms with Crippen LogP contribution in [0.5, 0.6) is 0 Å². The van der Waals surface area contributed by atoms with Gasteiger partial charge in [0, 0.05) is 23.8 Å². The van der Waals surface area contributed by atoms with Crippen LogP contribution in [0, 0.1) is 5.41 Å². The lowest BCUT2D eigenvalue weighted by Crippen LogP contribution is -2.41. The minimum absolute atomic E-state index is 0.0197. The molecule has 0 radical (unpaired) electrons. The first-order chi connectivity index (χ1) is 9.96. The van der Waals surface area contributed by atoms with Gasteiger partial charge in [-0.15, -0.1) is 0 Å². The van der Waals surface area contributed by atoms with Crippen LogP contribution in [0.15, 0.2) is 12.1 Å². The van der Waals surface area contributed by atoms with Crippen molar-refractivity contribution in [2.45, 2.75) is 59.4 Å². The largest absolute Gasteiger partial charge is 0.370 e. The van der Waals surface area contributed by atoms with Gasteiger partial charge in [-0.3, -0.25) is 4.79 Å². The molecule has 0 aliphatic heterocycles. The van der Waals surface area contributed by atoms with Crippen LogP contribution in [0.4, 0.5) is 5.82 Å². The Bertz CT molecular complexity index is 511. The number of rotatable bonds is 5. The molecule has 0 aromatic carbocycles. The first-order valence-electron chi connectivity index (χ1n) is 8.02. The van der Waals surface area contributed by atoms with Crippen LogP contribution in [0.2, 0.25) is 0 Å². The van der Waals surface area contributed by atoms with Crippen LogP contribution < -0.4 is 10.6 Å². The Morgan fingerprint density at radius 3 is 2.71 bits per heavy atom. The third-order valence-corrected chi connectivity index (χ3v) is 4.42. The number of hydrogen-bond donors (Lipinski definition) is 2. The molecule has 1 fully saturated rings. The number of nitrogens with zero attached hydrogens (tertiary/aromatic N) is 1. The maximum absolute atomic E-state index is 12.5. The molecule has 1 amide bonds. The first-order valence-corrected chi connectivity index (χ1v) is 8.02. The van der Waals surface area contributed by atoms with Crippen LogP contribution in [-0.2, 0) is 6.42 Å². The molecule has 4 nitrogen and oxygen atoms in total. The lowest BCUT2D eigenvalue weighted by atomic mass is 9.87. The Hall–Kier alpha value is -1.58. The van der Waals surface area contributed by atoms with E-state index in [0.29, 0.717) is 5.56 Å². The first kappa shape index (κ1) is 15.8. The average molecular weight is 289 g/mol. The molecule has 21 heavy (non-hydrogen) atoms. The number of hydrogen-bond acceptors (Lipinski definition) is 3. The molecule has 0 bridgehead atoms. The SMILES string of the molecule is CCNc1cc(C(=O)NC2CCCC2(C)C)cc(CC)n1. The maximum atomic E-state index is 12.5. The van der Waals surface area contributed by atoms with Crippen LogP contribution in [-0.4, -0.2) is 23.5 Å². The summed E-state index contributed by atoms with van der Waals surface area (Å²) in [7, 11) is 0. The predicted molar refractivity (Wildman–Crippen MR) is 86.7 cm³/mol. The van der Waals surface area contributed by atoms with Gasteiger partial charge in [0.15, 0.2) is 0 Å². The number of anilines is 1. The molecule has 1 aromatic heterocycles. The van der Waals surface area contributed by atoms with Crippen molar-refractivity contribution in [3.05, 3.63) is 23.4 Å². The summed E-state index contributed by atoms with van der Waals surface area (Å²) >= 11 is 0. The fraction of sp³-hybridized carbons (Fsp3) is 0.647. The summed E-state index contributed by atoms with van der Waals surface area (Å²) in [5, 5.41) is 6.41. The second-order valence-electron chi connectivity index (χ2n) is 6.52. The second kappa shape index (κ2) is 6.46. The van der Waals surface area contributed by atoms with Crippen LogP contribution >= 0.6 is 0 Å². The molecule has 1 aliphatic rings. The Morgan fingerprint density at radius 1 is 1.38 bits per heavy atom. The monoisotopic (exact) mass is 289 g/mol. The topological polar surface area (TPSA) is 54.0 Å². The van der Waals surface area contributed by atoms with Gasteiger partial charge in [0.2, 0.25) is 0 Å². The van der Waals surface area contributed by atoms with E-state index in [0.717, 1.165) is 30.9 Å². The number of aromatic nitrogens is 1. The summed E-state index contributed by atoms with van der Waals surface area (Å²) in [6, 6.07) is 4.02. The third-order valence-electron chi connectivity index (χ3n) is 4.42. The summed E-state index contributed by atoms with van der Waals surface area (Å²) in [5.41, 5.74) is 1.85. The minimum atomic E-state index is 0.0197. The predicted octanol–water partition coefficient (Wildman–Crippen LogP) is 3.38. The van der Waals surface area contributed by atoms with Gasteiger partial charge in [0.1, 0.15) is 5.82 Å². The molecular weight excluding hydrogens is 262 g/mol. The van der Waals surface area contributed by atoms with Crippen molar-refractivity contribution in [3.63, 3.8) is 0 Å². The molecule has 116 valence electrons. The maximum Gasteiger partial charge on any atom is 0.251 e. The van der Waals surface area contributed by atoms with E-state index in [4.69, 9.17) is 0 Å². The van der Waals surface area contributed by atoms with Crippen molar-refractivity contribution in [2.24, 2.45) is 5.41 Å². The minimum Gasteiger partial charge on any atom is -0.370 e. The van der Waals surface area contributed by atoms with Gasteiger partial charge in [0.25, 0.3) is 5.91 Å². The van der Waals surface area contributed by atoms with E-state index in [-0.39, 0.29) is 17.4 Å². The summed E-state index contributed by atoms with van der Waals surface area (Å²) < 4.78 is 0. The smallest absolute Gasteiger partial charge is 0.251 e. The Labute approximate surface area is 127 Å². The van der Waals surface area contributed by atoms with E-state index in [9.17, 15) is 4.79 Å². The summed E-state index contributed by atoms with van der Waals surface area (Å²) in [6.07, 6.45) is 4.27. The zero-order valence-corrected chi connectivity index (χ0v) is 13.6. The number of carbonyl (C=O) groups excluding carboxylic acids is 1. The number of carbonyl (C=O) groups is 1. The molecule has 1 atom stereocenters. The average Bonchev–Trinajstić information content (AvgIpc) is 2.77. The summed E-state index contributed by atoms with van der Waals surface area (Å²) in [6.45, 7) is 9.36. The lowest BCUT2D eigenvalue weighted by molar-refractivity contribution is 0.0910. The molecular formula is C17H27N3O. The van der Waals surface area contributed by atoms with Crippen LogP contribution in [0.1, 0.15) is 63.0 Å². The highest BCUT2D eigenvalue weighted by atomic mass is 16.1. The Kier molecular flexibility index (Phi) is 4.86. The molecule has 1 aliphatic carbocycles. The van der Waals surface area contributed by atoms with Gasteiger partial charge in [0.05, 0.1) is 0 Å². The van der Waals surface area contributed by atoms with Gasteiger partial charge in [-0.05, 0) is 43.7 Å². The molecule has 1 heterocycles. The van der Waals surface area contributed by atoms with E-state index in [1.54, 1.807) is 0 Å². The Balaban J connectivity index is 2.16. The van der Waals surface area contributed by atoms with Gasteiger partial charge in [-0.25, -0.2) is 4.98 Å². The van der Waals surface area contributed by atoms with E-state index in [2.05, 4.69) is 36.4 Å². The molecule has 2 rings (SSSR count). The highest BCUT2D eigenvalue weighted by molar-refractivity contribution is 5.95. The molecule has 1 aromatic rings. The summed E-state index contributed by atoms with van der Waals surface area (Å²) in [5.74, 6) is 0.805. The number of nitrogens with one attached hydrogen (secondary N) is 2. The van der Waals surface area contributed by atoms with Crippen molar-refractivity contribution < 1.29 is 4.79 Å². The second-order valence-corrected chi connectivity index (χ2v) is 6.52. The van der Waals surface area contributed by atoms with Crippen molar-refractivity contribution in [1.29, 1.82) is 0 Å². The molecule has 1 unspecified atom stereocenters. The van der Waals surface area contributed by atoms with E-state index < -0.39 is 0 Å². The Morgan fingerprint density at radius 2 is 2.14 bits per heavy atom. The van der Waals surface area contributed by atoms with Crippen molar-refractivity contribution in [1.82, 2.24) is 10.3 Å². The van der Waals surface area contributed by atoms with E-state index in [1.165, 1.54) is 12.8 Å². The standard InChI is InChI=1S/C17H27N3O/c1-5-13-10-12(11-15(19-13)18-6-2)16(21)20-14-8-7-9-17(14,3)4/h10-11,14H,5-9H2,1-4H3,(H,18,19)(H,20,21). The number of amides is 1. The van der Waals surface area contributed by atoms with E-state index in [1.807, 2.05) is 19.1 Å². The quantitative estimate of drug-likeness (QED) is 0.873. The fourth-order valence-electron chi connectivity index (χ4n) is 3.01. The molecule has 0 spiro atoms. The van der Waals surface area contributed by atoms with Crippen molar-refractivity contribution in [2.75, 3.05) is 11.9 Å². The highest BCUT2D eigenvalue weighted by Crippen LogP contribution is 2.37. The number of aryl methyl sites for hydroxylation is 1. The molecule has 2 N–H and O–H groups in total. The third kappa shape index (κ3) is 3.74. The van der Waals surface area contributed by atoms with Gasteiger partial charge in [-0.1, -0.05) is 27.2 Å². The van der Waals surface area contributed by atoms with Gasteiger partial charge >= 0.3 is 0 Å². The van der Waals surface area contributed by atoms with E-state index >= 15 is 0 Å². The van der Waals surface area contributed by atoms with Crippen molar-refractivity contribution in [3.8, 4) is 0 Å². The normalized spacial score (nSPS) is 20.3. The van der Waals surface area contributed by atoms with Gasteiger partial charge in [-0.2, -0.15) is 0 Å². The van der Waals surface area contributed by atoms with Crippen LogP contribution in [0.25, 0.3) is 0 Å². The zero-order chi connectivity index (χ0) is 15.5.